The third kappa shape index (κ3) is 1.40. The molecule has 42 valence electrons. The molecule has 0 atom stereocenters. The molecular weight excluding hydrogens is 160 g/mol. The van der Waals surface area contributed by atoms with Crippen LogP contribution in [0.1, 0.15) is 6.92 Å². The van der Waals surface area contributed by atoms with E-state index in [-0.39, 0.29) is 0 Å². The lowest BCUT2D eigenvalue weighted by Crippen LogP contribution is -2.14. The summed E-state index contributed by atoms with van der Waals surface area (Å²) in [4.78, 5) is 0. The standard InChI is InChI=1S/C4H7BrO2/c1-4(5)6-2-3-7-4/h2-3H2,1H3. The minimum Gasteiger partial charge on any atom is -0.339 e. The predicted molar refractivity (Wildman–Crippen MR) is 29.2 cm³/mol. The molecule has 0 aromatic heterocycles. The zero-order valence-corrected chi connectivity index (χ0v) is 5.69. The summed E-state index contributed by atoms with van der Waals surface area (Å²) in [6.07, 6.45) is 0. The molecule has 0 aromatic carbocycles. The Morgan fingerprint density at radius 1 is 1.43 bits per heavy atom. The summed E-state index contributed by atoms with van der Waals surface area (Å²) in [6, 6.07) is 0. The van der Waals surface area contributed by atoms with Crippen LogP contribution in [0.5, 0.6) is 0 Å². The average molecular weight is 167 g/mol. The van der Waals surface area contributed by atoms with Crippen molar-refractivity contribution >= 4 is 15.9 Å². The van der Waals surface area contributed by atoms with Crippen molar-refractivity contribution in [2.45, 2.75) is 11.6 Å². The second-order valence-electron chi connectivity index (χ2n) is 1.53. The number of hydrogen-bond acceptors (Lipinski definition) is 2. The molecule has 1 heterocycles. The third-order valence-corrected chi connectivity index (χ3v) is 1.26. The zero-order chi connectivity index (χ0) is 5.33. The molecule has 0 bridgehead atoms. The van der Waals surface area contributed by atoms with Crippen LogP contribution in [-0.2, 0) is 9.47 Å². The fourth-order valence-corrected chi connectivity index (χ4v) is 0.813. The normalized spacial score (nSPS) is 28.3. The maximum Gasteiger partial charge on any atom is 0.223 e. The van der Waals surface area contributed by atoms with Gasteiger partial charge in [-0.05, 0) is 15.9 Å². The van der Waals surface area contributed by atoms with E-state index in [1.54, 1.807) is 0 Å². The monoisotopic (exact) mass is 166 g/mol. The van der Waals surface area contributed by atoms with Crippen molar-refractivity contribution in [3.63, 3.8) is 0 Å². The van der Waals surface area contributed by atoms with Gasteiger partial charge >= 0.3 is 0 Å². The minimum absolute atomic E-state index is 0.493. The quantitative estimate of drug-likeness (QED) is 0.503. The van der Waals surface area contributed by atoms with Gasteiger partial charge in [0.05, 0.1) is 13.2 Å². The lowest BCUT2D eigenvalue weighted by Gasteiger charge is -2.11. The van der Waals surface area contributed by atoms with E-state index in [1.165, 1.54) is 0 Å². The molecule has 0 unspecified atom stereocenters. The Morgan fingerprint density at radius 2 is 1.86 bits per heavy atom. The Hall–Kier alpha value is 0.400. The second-order valence-corrected chi connectivity index (χ2v) is 2.97. The van der Waals surface area contributed by atoms with Crippen molar-refractivity contribution in [2.24, 2.45) is 0 Å². The molecule has 0 aliphatic carbocycles. The van der Waals surface area contributed by atoms with Gasteiger partial charge in [-0.3, -0.25) is 0 Å². The van der Waals surface area contributed by atoms with Gasteiger partial charge in [-0.1, -0.05) is 0 Å². The van der Waals surface area contributed by atoms with E-state index in [0.717, 1.165) is 0 Å². The molecule has 7 heavy (non-hydrogen) atoms. The number of alkyl halides is 1. The summed E-state index contributed by atoms with van der Waals surface area (Å²) in [5.41, 5.74) is 0. The van der Waals surface area contributed by atoms with Gasteiger partial charge in [-0.25, -0.2) is 0 Å². The molecule has 1 saturated heterocycles. The van der Waals surface area contributed by atoms with Gasteiger partial charge in [0.1, 0.15) is 0 Å². The van der Waals surface area contributed by atoms with Gasteiger partial charge in [0.15, 0.2) is 0 Å². The fourth-order valence-electron chi connectivity index (χ4n) is 0.490. The van der Waals surface area contributed by atoms with Crippen molar-refractivity contribution in [1.82, 2.24) is 0 Å². The van der Waals surface area contributed by atoms with Gasteiger partial charge in [-0.15, -0.1) is 0 Å². The Kier molecular flexibility index (Phi) is 1.36. The lowest BCUT2D eigenvalue weighted by molar-refractivity contribution is -0.0529. The average Bonchev–Trinajstić information content (AvgIpc) is 1.84. The summed E-state index contributed by atoms with van der Waals surface area (Å²) in [6.45, 7) is 3.23. The molecule has 3 heteroatoms. The molecule has 0 amide bonds. The van der Waals surface area contributed by atoms with Gasteiger partial charge in [0.2, 0.25) is 4.70 Å². The molecule has 1 rings (SSSR count). The highest BCUT2D eigenvalue weighted by Gasteiger charge is 2.26. The third-order valence-electron chi connectivity index (χ3n) is 0.803. The Morgan fingerprint density at radius 3 is 2.00 bits per heavy atom. The van der Waals surface area contributed by atoms with Gasteiger partial charge in [-0.2, -0.15) is 0 Å². The summed E-state index contributed by atoms with van der Waals surface area (Å²) in [5, 5.41) is 0. The number of rotatable bonds is 0. The van der Waals surface area contributed by atoms with Gasteiger partial charge in [0, 0.05) is 6.92 Å². The topological polar surface area (TPSA) is 18.5 Å². The van der Waals surface area contributed by atoms with E-state index in [0.29, 0.717) is 13.2 Å². The van der Waals surface area contributed by atoms with Crippen LogP contribution in [0.3, 0.4) is 0 Å². The Bertz CT molecular complexity index is 64.1. The smallest absolute Gasteiger partial charge is 0.223 e. The first kappa shape index (κ1) is 5.54. The highest BCUT2D eigenvalue weighted by atomic mass is 79.9. The predicted octanol–water partition coefficient (Wildman–Crippen LogP) is 1.10. The maximum absolute atomic E-state index is 5.03. The van der Waals surface area contributed by atoms with Crippen molar-refractivity contribution < 1.29 is 9.47 Å². The van der Waals surface area contributed by atoms with Crippen LogP contribution >= 0.6 is 15.9 Å². The van der Waals surface area contributed by atoms with Gasteiger partial charge < -0.3 is 9.47 Å². The summed E-state index contributed by atoms with van der Waals surface area (Å²) in [7, 11) is 0. The van der Waals surface area contributed by atoms with Crippen molar-refractivity contribution in [2.75, 3.05) is 13.2 Å². The summed E-state index contributed by atoms with van der Waals surface area (Å²) < 4.78 is 9.58. The van der Waals surface area contributed by atoms with Crippen LogP contribution < -0.4 is 0 Å². The first-order chi connectivity index (χ1) is 3.21. The summed E-state index contributed by atoms with van der Waals surface area (Å²) >= 11 is 3.20. The largest absolute Gasteiger partial charge is 0.339 e. The summed E-state index contributed by atoms with van der Waals surface area (Å²) in [5.74, 6) is 0. The van der Waals surface area contributed by atoms with E-state index in [1.807, 2.05) is 6.92 Å². The highest BCUT2D eigenvalue weighted by Crippen LogP contribution is 2.24. The van der Waals surface area contributed by atoms with Crippen LogP contribution in [-0.4, -0.2) is 17.9 Å². The van der Waals surface area contributed by atoms with Crippen LogP contribution in [0.15, 0.2) is 0 Å². The molecule has 1 aliphatic rings. The van der Waals surface area contributed by atoms with E-state index in [4.69, 9.17) is 9.47 Å². The van der Waals surface area contributed by atoms with Crippen LogP contribution in [0.4, 0.5) is 0 Å². The number of hydrogen-bond donors (Lipinski definition) is 0. The molecule has 0 radical (unpaired) electrons. The highest BCUT2D eigenvalue weighted by molar-refractivity contribution is 9.10. The van der Waals surface area contributed by atoms with Crippen LogP contribution in [0.2, 0.25) is 0 Å². The van der Waals surface area contributed by atoms with Crippen LogP contribution in [0.25, 0.3) is 0 Å². The molecule has 2 nitrogen and oxygen atoms in total. The SMILES string of the molecule is CC1(Br)OCCO1. The molecular formula is C4H7BrO2. The van der Waals surface area contributed by atoms with Crippen LogP contribution in [0, 0.1) is 0 Å². The minimum atomic E-state index is -0.493. The Balaban J connectivity index is 2.40. The first-order valence-corrected chi connectivity index (χ1v) is 2.97. The molecule has 0 N–H and O–H groups in total. The van der Waals surface area contributed by atoms with Crippen molar-refractivity contribution in [1.29, 1.82) is 0 Å². The Labute approximate surface area is 50.9 Å². The van der Waals surface area contributed by atoms with Gasteiger partial charge in [0.25, 0.3) is 0 Å². The fraction of sp³-hybridized carbons (Fsp3) is 1.00. The number of ether oxygens (including phenoxy) is 2. The first-order valence-electron chi connectivity index (χ1n) is 2.17. The number of halogens is 1. The zero-order valence-electron chi connectivity index (χ0n) is 4.11. The molecule has 1 aliphatic heterocycles. The van der Waals surface area contributed by atoms with E-state index in [2.05, 4.69) is 15.9 Å². The molecule has 0 aromatic rings. The molecule has 0 spiro atoms. The van der Waals surface area contributed by atoms with E-state index in [9.17, 15) is 0 Å². The molecule has 1 fully saturated rings. The van der Waals surface area contributed by atoms with Crippen molar-refractivity contribution in [3.8, 4) is 0 Å². The lowest BCUT2D eigenvalue weighted by atomic mass is 10.8. The van der Waals surface area contributed by atoms with E-state index < -0.39 is 4.70 Å². The molecule has 0 saturated carbocycles. The van der Waals surface area contributed by atoms with E-state index >= 15 is 0 Å². The maximum atomic E-state index is 5.03. The van der Waals surface area contributed by atoms with Crippen molar-refractivity contribution in [3.05, 3.63) is 0 Å². The second kappa shape index (κ2) is 1.73.